The molecule has 6 heteroatoms. The lowest BCUT2D eigenvalue weighted by atomic mass is 10.2. The number of carbonyl (C=O) groups is 2. The van der Waals surface area contributed by atoms with Crippen LogP contribution in [0.1, 0.15) is 12.0 Å². The van der Waals surface area contributed by atoms with Crippen molar-refractivity contribution in [3.63, 3.8) is 0 Å². The smallest absolute Gasteiger partial charge is 0.326 e. The fraction of sp³-hybridized carbons (Fsp3) is 0.286. The lowest BCUT2D eigenvalue weighted by Gasteiger charge is -2.12. The van der Waals surface area contributed by atoms with Gasteiger partial charge in [-0.3, -0.25) is 4.79 Å². The predicted molar refractivity (Wildman–Crippen MR) is 83.1 cm³/mol. The summed E-state index contributed by atoms with van der Waals surface area (Å²) >= 11 is 7.49. The standard InChI is InChI=1S/C14H16ClNO3S/c1-20-9-8-12(14(18)19)16-13(17)7-6-10-4-2-3-5-11(10)15/h2-7,12H,8-9H2,1H3,(H,16,17)(H,18,19)/b7-6+/t12-/m1/s1. The first-order chi connectivity index (χ1) is 9.54. The van der Waals surface area contributed by atoms with E-state index >= 15 is 0 Å². The van der Waals surface area contributed by atoms with Crippen LogP contribution in [0.3, 0.4) is 0 Å². The SMILES string of the molecule is CSCC[C@@H](NC(=O)/C=C/c1ccccc1Cl)C(=O)O. The average Bonchev–Trinajstić information content (AvgIpc) is 2.42. The molecule has 0 fully saturated rings. The largest absolute Gasteiger partial charge is 0.480 e. The Labute approximate surface area is 127 Å². The minimum atomic E-state index is -1.03. The van der Waals surface area contributed by atoms with Crippen LogP contribution in [0.2, 0.25) is 5.02 Å². The van der Waals surface area contributed by atoms with E-state index in [1.807, 2.05) is 12.3 Å². The number of carbonyl (C=O) groups excluding carboxylic acids is 1. The van der Waals surface area contributed by atoms with Crippen molar-refractivity contribution in [3.05, 3.63) is 40.9 Å². The second-order valence-electron chi connectivity index (χ2n) is 4.04. The molecule has 1 atom stereocenters. The second kappa shape index (κ2) is 8.66. The molecule has 0 aliphatic heterocycles. The van der Waals surface area contributed by atoms with E-state index in [9.17, 15) is 9.59 Å². The Hall–Kier alpha value is -1.46. The molecule has 2 N–H and O–H groups in total. The van der Waals surface area contributed by atoms with Crippen LogP contribution in [0.15, 0.2) is 30.3 Å². The van der Waals surface area contributed by atoms with Crippen LogP contribution in [0.5, 0.6) is 0 Å². The molecule has 0 aliphatic rings. The third-order valence-electron chi connectivity index (χ3n) is 2.54. The number of carboxylic acids is 1. The molecule has 1 aromatic carbocycles. The zero-order chi connectivity index (χ0) is 15.0. The summed E-state index contributed by atoms with van der Waals surface area (Å²) in [5.74, 6) is -0.803. The fourth-order valence-corrected chi connectivity index (χ4v) is 2.16. The average molecular weight is 314 g/mol. The van der Waals surface area contributed by atoms with Crippen molar-refractivity contribution in [3.8, 4) is 0 Å². The van der Waals surface area contributed by atoms with Gasteiger partial charge >= 0.3 is 5.97 Å². The highest BCUT2D eigenvalue weighted by molar-refractivity contribution is 7.98. The molecule has 20 heavy (non-hydrogen) atoms. The number of hydrogen-bond acceptors (Lipinski definition) is 3. The van der Waals surface area contributed by atoms with Gasteiger partial charge in [0.15, 0.2) is 0 Å². The Morgan fingerprint density at radius 1 is 1.45 bits per heavy atom. The van der Waals surface area contributed by atoms with Crippen LogP contribution in [-0.2, 0) is 9.59 Å². The van der Waals surface area contributed by atoms with Gasteiger partial charge in [0, 0.05) is 11.1 Å². The molecule has 0 heterocycles. The second-order valence-corrected chi connectivity index (χ2v) is 5.43. The molecule has 1 rings (SSSR count). The molecule has 108 valence electrons. The number of aliphatic carboxylic acids is 1. The molecule has 0 radical (unpaired) electrons. The van der Waals surface area contributed by atoms with Gasteiger partial charge in [-0.1, -0.05) is 29.8 Å². The van der Waals surface area contributed by atoms with Crippen LogP contribution < -0.4 is 5.32 Å². The van der Waals surface area contributed by atoms with Crippen LogP contribution in [0.25, 0.3) is 6.08 Å². The maximum absolute atomic E-state index is 11.7. The van der Waals surface area contributed by atoms with Gasteiger partial charge in [0.2, 0.25) is 5.91 Å². The Morgan fingerprint density at radius 2 is 2.15 bits per heavy atom. The van der Waals surface area contributed by atoms with Crippen molar-refractivity contribution in [2.24, 2.45) is 0 Å². The van der Waals surface area contributed by atoms with Crippen molar-refractivity contribution in [1.82, 2.24) is 5.32 Å². The first-order valence-corrected chi connectivity index (χ1v) is 7.76. The van der Waals surface area contributed by atoms with Gasteiger partial charge in [0.25, 0.3) is 0 Å². The Bertz CT molecular complexity index is 505. The Balaban J connectivity index is 2.61. The predicted octanol–water partition coefficient (Wildman–Crippen LogP) is 2.68. The molecule has 0 saturated carbocycles. The summed E-state index contributed by atoms with van der Waals surface area (Å²) in [6.45, 7) is 0. The molecule has 1 aromatic rings. The summed E-state index contributed by atoms with van der Waals surface area (Å²) in [7, 11) is 0. The quantitative estimate of drug-likeness (QED) is 0.760. The normalized spacial score (nSPS) is 12.3. The fourth-order valence-electron chi connectivity index (χ4n) is 1.49. The first-order valence-electron chi connectivity index (χ1n) is 5.99. The number of hydrogen-bond donors (Lipinski definition) is 2. The van der Waals surface area contributed by atoms with E-state index in [0.717, 1.165) is 0 Å². The molecule has 1 amide bonds. The third kappa shape index (κ3) is 5.67. The van der Waals surface area contributed by atoms with E-state index in [4.69, 9.17) is 16.7 Å². The van der Waals surface area contributed by atoms with Crippen molar-refractivity contribution in [1.29, 1.82) is 0 Å². The van der Waals surface area contributed by atoms with Crippen molar-refractivity contribution in [2.45, 2.75) is 12.5 Å². The lowest BCUT2D eigenvalue weighted by Crippen LogP contribution is -2.40. The molecule has 0 unspecified atom stereocenters. The molecular weight excluding hydrogens is 298 g/mol. The summed E-state index contributed by atoms with van der Waals surface area (Å²) in [6, 6.07) is 6.22. The zero-order valence-electron chi connectivity index (χ0n) is 11.0. The lowest BCUT2D eigenvalue weighted by molar-refractivity contribution is -0.141. The minimum absolute atomic E-state index is 0.391. The number of thioether (sulfide) groups is 1. The van der Waals surface area contributed by atoms with Gasteiger partial charge in [0.1, 0.15) is 6.04 Å². The number of rotatable bonds is 7. The number of halogens is 1. The Morgan fingerprint density at radius 3 is 2.75 bits per heavy atom. The van der Waals surface area contributed by atoms with E-state index in [-0.39, 0.29) is 0 Å². The number of nitrogens with one attached hydrogen (secondary N) is 1. The summed E-state index contributed by atoms with van der Waals surface area (Å²) in [5, 5.41) is 12.0. The zero-order valence-corrected chi connectivity index (χ0v) is 12.6. The summed E-state index contributed by atoms with van der Waals surface area (Å²) in [4.78, 5) is 22.7. The van der Waals surface area contributed by atoms with Crippen LogP contribution >= 0.6 is 23.4 Å². The molecule has 0 bridgehead atoms. The highest BCUT2D eigenvalue weighted by Gasteiger charge is 2.17. The van der Waals surface area contributed by atoms with Gasteiger partial charge < -0.3 is 10.4 Å². The van der Waals surface area contributed by atoms with Crippen LogP contribution in [0.4, 0.5) is 0 Å². The Kier molecular flexibility index (Phi) is 7.18. The van der Waals surface area contributed by atoms with Gasteiger partial charge in [-0.25, -0.2) is 4.79 Å². The number of carboxylic acid groups (broad SMARTS) is 1. The van der Waals surface area contributed by atoms with E-state index in [2.05, 4.69) is 5.32 Å². The van der Waals surface area contributed by atoms with E-state index < -0.39 is 17.9 Å². The van der Waals surface area contributed by atoms with Gasteiger partial charge in [-0.15, -0.1) is 0 Å². The van der Waals surface area contributed by atoms with Crippen molar-refractivity contribution < 1.29 is 14.7 Å². The highest BCUT2D eigenvalue weighted by Crippen LogP contribution is 2.16. The summed E-state index contributed by atoms with van der Waals surface area (Å²) in [6.07, 6.45) is 5.13. The molecule has 0 spiro atoms. The molecule has 0 aromatic heterocycles. The number of amides is 1. The highest BCUT2D eigenvalue weighted by atomic mass is 35.5. The molecule has 0 aliphatic carbocycles. The van der Waals surface area contributed by atoms with Crippen LogP contribution in [0, 0.1) is 0 Å². The molecule has 0 saturated heterocycles. The number of benzene rings is 1. The summed E-state index contributed by atoms with van der Waals surface area (Å²) in [5.41, 5.74) is 0.709. The maximum atomic E-state index is 11.7. The van der Waals surface area contributed by atoms with Crippen molar-refractivity contribution in [2.75, 3.05) is 12.0 Å². The van der Waals surface area contributed by atoms with Gasteiger partial charge in [-0.2, -0.15) is 11.8 Å². The third-order valence-corrected chi connectivity index (χ3v) is 3.53. The van der Waals surface area contributed by atoms with E-state index in [0.29, 0.717) is 22.8 Å². The minimum Gasteiger partial charge on any atom is -0.480 e. The van der Waals surface area contributed by atoms with E-state index in [1.54, 1.807) is 24.3 Å². The molecular formula is C14H16ClNO3S. The topological polar surface area (TPSA) is 66.4 Å². The maximum Gasteiger partial charge on any atom is 0.326 e. The monoisotopic (exact) mass is 313 g/mol. The van der Waals surface area contributed by atoms with Crippen LogP contribution in [-0.4, -0.2) is 35.0 Å². The summed E-state index contributed by atoms with van der Waals surface area (Å²) < 4.78 is 0. The van der Waals surface area contributed by atoms with Gasteiger partial charge in [-0.05, 0) is 36.1 Å². The van der Waals surface area contributed by atoms with E-state index in [1.165, 1.54) is 17.8 Å². The van der Waals surface area contributed by atoms with Crippen molar-refractivity contribution >= 4 is 41.3 Å². The van der Waals surface area contributed by atoms with Gasteiger partial charge in [0.05, 0.1) is 0 Å². The molecule has 4 nitrogen and oxygen atoms in total. The first kappa shape index (κ1) is 16.6.